The van der Waals surface area contributed by atoms with Gasteiger partial charge in [0.25, 0.3) is 5.91 Å². The Kier molecular flexibility index (Phi) is 5.84. The standard InChI is InChI=1S/C24H23ClFN5O4/c25-17-3-1-2-12(20(17)26)9-28-24(35)22-15-6-4-13(15)10-30(22)19(33)11-31-18-8-14(32)5-7-16(18)21(29-31)23(27)34/h1-3,5,7-8,13,15,22,32H,4,6,9-11H2,(H2,27,34)(H,28,35)/t13-,15-,22-/m0/s1. The smallest absolute Gasteiger partial charge is 0.269 e. The summed E-state index contributed by atoms with van der Waals surface area (Å²) in [6.07, 6.45) is 1.74. The van der Waals surface area contributed by atoms with E-state index in [1.54, 1.807) is 12.1 Å². The van der Waals surface area contributed by atoms with Crippen molar-refractivity contribution in [3.8, 4) is 5.75 Å². The van der Waals surface area contributed by atoms with Crippen LogP contribution in [-0.4, -0.2) is 50.1 Å². The number of carbonyl (C=O) groups is 3. The zero-order valence-electron chi connectivity index (χ0n) is 18.6. The second-order valence-corrected chi connectivity index (χ2v) is 9.40. The molecule has 1 aromatic heterocycles. The van der Waals surface area contributed by atoms with Gasteiger partial charge < -0.3 is 21.1 Å². The molecule has 3 aromatic rings. The largest absolute Gasteiger partial charge is 0.508 e. The van der Waals surface area contributed by atoms with Crippen LogP contribution in [0.25, 0.3) is 10.9 Å². The third kappa shape index (κ3) is 4.07. The first kappa shape index (κ1) is 23.1. The van der Waals surface area contributed by atoms with E-state index in [-0.39, 0.29) is 58.8 Å². The minimum absolute atomic E-state index is 0.00728. The molecule has 9 nitrogen and oxygen atoms in total. The van der Waals surface area contributed by atoms with Crippen molar-refractivity contribution in [1.29, 1.82) is 0 Å². The van der Waals surface area contributed by atoms with Crippen LogP contribution in [0.4, 0.5) is 4.39 Å². The van der Waals surface area contributed by atoms with E-state index in [4.69, 9.17) is 17.3 Å². The molecule has 2 aliphatic rings. The molecule has 0 bridgehead atoms. The number of phenols is 1. The molecule has 1 saturated carbocycles. The lowest BCUT2D eigenvalue weighted by Gasteiger charge is -2.32. The van der Waals surface area contributed by atoms with Gasteiger partial charge in [0.1, 0.15) is 24.2 Å². The van der Waals surface area contributed by atoms with Crippen LogP contribution in [0.15, 0.2) is 36.4 Å². The Balaban J connectivity index is 1.36. The van der Waals surface area contributed by atoms with Crippen molar-refractivity contribution in [1.82, 2.24) is 20.0 Å². The molecule has 1 saturated heterocycles. The van der Waals surface area contributed by atoms with Crippen molar-refractivity contribution in [2.24, 2.45) is 17.6 Å². The summed E-state index contributed by atoms with van der Waals surface area (Å²) in [5, 5.41) is 17.2. The molecule has 4 N–H and O–H groups in total. The third-order valence-corrected chi connectivity index (χ3v) is 7.27. The normalized spacial score (nSPS) is 21.0. The van der Waals surface area contributed by atoms with Crippen LogP contribution in [0.3, 0.4) is 0 Å². The molecule has 182 valence electrons. The summed E-state index contributed by atoms with van der Waals surface area (Å²) in [6.45, 7) is 0.145. The SMILES string of the molecule is NC(=O)c1nn(CC(=O)N2C[C@@H]3CC[C@@H]3[C@H]2C(=O)NCc2cccc(Cl)c2F)c2cc(O)ccc12. The van der Waals surface area contributed by atoms with E-state index in [1.165, 1.54) is 33.8 Å². The first-order valence-corrected chi connectivity index (χ1v) is 11.6. The van der Waals surface area contributed by atoms with Gasteiger partial charge in [0.15, 0.2) is 5.69 Å². The van der Waals surface area contributed by atoms with Crippen LogP contribution in [-0.2, 0) is 22.7 Å². The summed E-state index contributed by atoms with van der Waals surface area (Å²) in [5.74, 6) is -1.85. The highest BCUT2D eigenvalue weighted by atomic mass is 35.5. The van der Waals surface area contributed by atoms with Gasteiger partial charge >= 0.3 is 0 Å². The second kappa shape index (κ2) is 8.84. The van der Waals surface area contributed by atoms with Gasteiger partial charge in [0, 0.05) is 30.1 Å². The Bertz CT molecular complexity index is 1360. The predicted molar refractivity (Wildman–Crippen MR) is 125 cm³/mol. The summed E-state index contributed by atoms with van der Waals surface area (Å²) in [6, 6.07) is 8.21. The van der Waals surface area contributed by atoms with Crippen molar-refractivity contribution < 1.29 is 23.9 Å². The maximum atomic E-state index is 14.2. The highest BCUT2D eigenvalue weighted by Gasteiger charge is 2.51. The van der Waals surface area contributed by atoms with Gasteiger partial charge in [-0.05, 0) is 42.9 Å². The summed E-state index contributed by atoms with van der Waals surface area (Å²) >= 11 is 5.83. The lowest BCUT2D eigenvalue weighted by molar-refractivity contribution is -0.140. The highest BCUT2D eigenvalue weighted by molar-refractivity contribution is 6.30. The van der Waals surface area contributed by atoms with Gasteiger partial charge in [-0.3, -0.25) is 19.1 Å². The number of hydrogen-bond acceptors (Lipinski definition) is 5. The average Bonchev–Trinajstić information content (AvgIpc) is 3.28. The number of hydrogen-bond donors (Lipinski definition) is 3. The van der Waals surface area contributed by atoms with Crippen LogP contribution >= 0.6 is 11.6 Å². The fourth-order valence-electron chi connectivity index (χ4n) is 5.08. The molecule has 11 heteroatoms. The van der Waals surface area contributed by atoms with E-state index in [0.29, 0.717) is 17.4 Å². The molecule has 3 atom stereocenters. The Hall–Kier alpha value is -3.66. The highest BCUT2D eigenvalue weighted by Crippen LogP contribution is 2.45. The Morgan fingerprint density at radius 2 is 2.03 bits per heavy atom. The van der Waals surface area contributed by atoms with E-state index in [1.807, 2.05) is 0 Å². The molecule has 5 rings (SSSR count). The number of amides is 3. The maximum absolute atomic E-state index is 14.2. The average molecular weight is 500 g/mol. The minimum atomic E-state index is -0.753. The van der Waals surface area contributed by atoms with Gasteiger partial charge in [-0.2, -0.15) is 5.10 Å². The Morgan fingerprint density at radius 3 is 2.74 bits per heavy atom. The van der Waals surface area contributed by atoms with Crippen LogP contribution in [0.5, 0.6) is 5.75 Å². The van der Waals surface area contributed by atoms with E-state index >= 15 is 0 Å². The number of nitrogens with one attached hydrogen (secondary N) is 1. The monoisotopic (exact) mass is 499 g/mol. The van der Waals surface area contributed by atoms with Gasteiger partial charge in [0.2, 0.25) is 11.8 Å². The number of primary amides is 1. The van der Waals surface area contributed by atoms with Crippen LogP contribution in [0.2, 0.25) is 5.02 Å². The molecule has 2 fully saturated rings. The van der Waals surface area contributed by atoms with Gasteiger partial charge in [-0.15, -0.1) is 0 Å². The molecule has 3 amide bonds. The maximum Gasteiger partial charge on any atom is 0.269 e. The van der Waals surface area contributed by atoms with E-state index in [2.05, 4.69) is 10.4 Å². The van der Waals surface area contributed by atoms with Crippen molar-refractivity contribution in [3.05, 3.63) is 58.5 Å². The first-order valence-electron chi connectivity index (χ1n) is 11.2. The summed E-state index contributed by atoms with van der Waals surface area (Å²) < 4.78 is 15.5. The number of carbonyl (C=O) groups excluding carboxylic acids is 3. The number of aromatic hydroxyl groups is 1. The number of rotatable bonds is 6. The molecule has 1 aliphatic heterocycles. The lowest BCUT2D eigenvalue weighted by Crippen LogP contribution is -2.49. The predicted octanol–water partition coefficient (Wildman–Crippen LogP) is 2.19. The first-order chi connectivity index (χ1) is 16.7. The molecule has 0 spiro atoms. The number of aromatic nitrogens is 2. The fourth-order valence-corrected chi connectivity index (χ4v) is 5.28. The Labute approximate surface area is 204 Å². The number of halogens is 2. The number of nitrogens with zero attached hydrogens (tertiary/aromatic N) is 3. The van der Waals surface area contributed by atoms with Crippen molar-refractivity contribution >= 4 is 40.2 Å². The van der Waals surface area contributed by atoms with Crippen LogP contribution < -0.4 is 11.1 Å². The minimum Gasteiger partial charge on any atom is -0.508 e. The van der Waals surface area contributed by atoms with Crippen molar-refractivity contribution in [2.45, 2.75) is 32.0 Å². The van der Waals surface area contributed by atoms with Crippen molar-refractivity contribution in [3.63, 3.8) is 0 Å². The molecule has 0 radical (unpaired) electrons. The number of benzene rings is 2. The Morgan fingerprint density at radius 1 is 1.23 bits per heavy atom. The van der Waals surface area contributed by atoms with E-state index in [9.17, 15) is 23.9 Å². The number of likely N-dealkylation sites (tertiary alicyclic amines) is 1. The van der Waals surface area contributed by atoms with Gasteiger partial charge in [-0.25, -0.2) is 4.39 Å². The quantitative estimate of drug-likeness (QED) is 0.478. The topological polar surface area (TPSA) is 131 Å². The summed E-state index contributed by atoms with van der Waals surface area (Å²) in [7, 11) is 0. The van der Waals surface area contributed by atoms with Crippen LogP contribution in [0.1, 0.15) is 28.9 Å². The number of nitrogens with two attached hydrogens (primary N) is 1. The molecule has 0 unspecified atom stereocenters. The second-order valence-electron chi connectivity index (χ2n) is 8.99. The molecule has 35 heavy (non-hydrogen) atoms. The van der Waals surface area contributed by atoms with E-state index < -0.39 is 17.8 Å². The number of fused-ring (bicyclic) bond motifs is 2. The van der Waals surface area contributed by atoms with Crippen LogP contribution in [0, 0.1) is 17.7 Å². The molecular formula is C24H23ClFN5O4. The van der Waals surface area contributed by atoms with Gasteiger partial charge in [0.05, 0.1) is 10.5 Å². The zero-order chi connectivity index (χ0) is 24.9. The van der Waals surface area contributed by atoms with Gasteiger partial charge in [-0.1, -0.05) is 23.7 Å². The molecular weight excluding hydrogens is 477 g/mol. The summed E-state index contributed by atoms with van der Waals surface area (Å²) in [4.78, 5) is 39.9. The summed E-state index contributed by atoms with van der Waals surface area (Å²) in [5.41, 5.74) is 6.06. The molecule has 2 heterocycles. The molecule has 2 aromatic carbocycles. The van der Waals surface area contributed by atoms with Crippen molar-refractivity contribution in [2.75, 3.05) is 6.54 Å². The lowest BCUT2D eigenvalue weighted by atomic mass is 9.73. The number of phenolic OH excluding ortho intramolecular Hbond substituents is 1. The zero-order valence-corrected chi connectivity index (χ0v) is 19.3. The fraction of sp³-hybridized carbons (Fsp3) is 0.333. The third-order valence-electron chi connectivity index (χ3n) is 6.98. The molecule has 1 aliphatic carbocycles. The van der Waals surface area contributed by atoms with E-state index in [0.717, 1.165) is 12.8 Å².